The molecule has 1 fully saturated rings. The van der Waals surface area contributed by atoms with Gasteiger partial charge in [-0.15, -0.1) is 0 Å². The van der Waals surface area contributed by atoms with E-state index in [4.69, 9.17) is 4.74 Å². The molecular formula is C26H22FN3O2. The van der Waals surface area contributed by atoms with Gasteiger partial charge in [-0.3, -0.25) is 9.78 Å². The minimum absolute atomic E-state index is 0.124. The maximum atomic E-state index is 13.4. The van der Waals surface area contributed by atoms with E-state index in [1.54, 1.807) is 18.3 Å². The van der Waals surface area contributed by atoms with Crippen LogP contribution in [0.4, 0.5) is 10.1 Å². The van der Waals surface area contributed by atoms with Crippen LogP contribution in [0, 0.1) is 5.82 Å². The average Bonchev–Trinajstić information content (AvgIpc) is 3.63. The number of halogens is 1. The van der Waals surface area contributed by atoms with Crippen molar-refractivity contribution in [2.75, 3.05) is 5.32 Å². The molecule has 1 atom stereocenters. The second kappa shape index (κ2) is 8.67. The van der Waals surface area contributed by atoms with E-state index in [9.17, 15) is 9.18 Å². The molecule has 6 heteroatoms. The number of amides is 1. The largest absolute Gasteiger partial charge is 0.455 e. The number of carbonyl (C=O) groups is 1. The quantitative estimate of drug-likeness (QED) is 0.403. The second-order valence-electron chi connectivity index (χ2n) is 7.87. The van der Waals surface area contributed by atoms with Gasteiger partial charge in [0.15, 0.2) is 5.75 Å². The highest BCUT2D eigenvalue weighted by Gasteiger charge is 2.28. The molecule has 1 saturated carbocycles. The first-order valence-corrected chi connectivity index (χ1v) is 10.6. The van der Waals surface area contributed by atoms with Gasteiger partial charge in [-0.1, -0.05) is 30.3 Å². The van der Waals surface area contributed by atoms with E-state index in [1.807, 2.05) is 54.6 Å². The van der Waals surface area contributed by atoms with E-state index < -0.39 is 6.04 Å². The van der Waals surface area contributed by atoms with Gasteiger partial charge in [-0.25, -0.2) is 4.39 Å². The summed E-state index contributed by atoms with van der Waals surface area (Å²) in [7, 11) is 0. The predicted octanol–water partition coefficient (Wildman–Crippen LogP) is 5.60. The normalized spacial score (nSPS) is 14.0. The molecule has 1 heterocycles. The highest BCUT2D eigenvalue weighted by molar-refractivity contribution is 5.86. The molecule has 4 aromatic rings. The van der Waals surface area contributed by atoms with Crippen molar-refractivity contribution in [1.82, 2.24) is 10.3 Å². The Balaban J connectivity index is 1.34. The molecule has 0 bridgehead atoms. The van der Waals surface area contributed by atoms with Gasteiger partial charge in [0.1, 0.15) is 23.1 Å². The van der Waals surface area contributed by atoms with Gasteiger partial charge in [0.2, 0.25) is 5.91 Å². The molecule has 0 radical (unpaired) electrons. The van der Waals surface area contributed by atoms with Crippen LogP contribution < -0.4 is 15.4 Å². The first-order chi connectivity index (χ1) is 15.7. The molecule has 1 aliphatic carbocycles. The Labute approximate surface area is 185 Å². The Morgan fingerprint density at radius 3 is 2.47 bits per heavy atom. The zero-order valence-corrected chi connectivity index (χ0v) is 17.3. The van der Waals surface area contributed by atoms with Crippen LogP contribution in [0.15, 0.2) is 85.1 Å². The van der Waals surface area contributed by atoms with Crippen LogP contribution in [-0.2, 0) is 4.79 Å². The van der Waals surface area contributed by atoms with E-state index in [-0.39, 0.29) is 17.8 Å². The predicted molar refractivity (Wildman–Crippen MR) is 122 cm³/mol. The first-order valence-electron chi connectivity index (χ1n) is 10.6. The standard InChI is InChI=1S/C26H22FN3O2/c27-19-8-6-18(7-9-19)25(26(31)30-21-10-11-21)29-20-12-14-22(15-13-20)32-23-5-1-3-17-4-2-16-28-24(17)23/h1-9,12-16,21,25,29H,10-11H2,(H,30,31). The van der Waals surface area contributed by atoms with Crippen molar-refractivity contribution in [1.29, 1.82) is 0 Å². The lowest BCUT2D eigenvalue weighted by Gasteiger charge is -2.20. The van der Waals surface area contributed by atoms with Crippen molar-refractivity contribution in [3.05, 3.63) is 96.4 Å². The van der Waals surface area contributed by atoms with Crippen molar-refractivity contribution in [2.45, 2.75) is 24.9 Å². The molecule has 1 amide bonds. The number of fused-ring (bicyclic) bond motifs is 1. The SMILES string of the molecule is O=C(NC1CC1)C(Nc1ccc(Oc2cccc3cccnc23)cc1)c1ccc(F)cc1. The fourth-order valence-electron chi connectivity index (χ4n) is 3.54. The molecule has 5 nitrogen and oxygen atoms in total. The van der Waals surface area contributed by atoms with E-state index in [0.717, 1.165) is 29.4 Å². The number of hydrogen-bond acceptors (Lipinski definition) is 4. The summed E-state index contributed by atoms with van der Waals surface area (Å²) in [5.74, 6) is 0.882. The number of hydrogen-bond donors (Lipinski definition) is 2. The summed E-state index contributed by atoms with van der Waals surface area (Å²) in [6, 6.07) is 22.7. The maximum absolute atomic E-state index is 13.4. The number of rotatable bonds is 7. The lowest BCUT2D eigenvalue weighted by Crippen LogP contribution is -2.34. The fourth-order valence-corrected chi connectivity index (χ4v) is 3.54. The molecule has 1 aromatic heterocycles. The number of aromatic nitrogens is 1. The molecule has 0 aliphatic heterocycles. The van der Waals surface area contributed by atoms with Gasteiger partial charge < -0.3 is 15.4 Å². The summed E-state index contributed by atoms with van der Waals surface area (Å²) in [6.07, 6.45) is 3.73. The van der Waals surface area contributed by atoms with E-state index in [2.05, 4.69) is 15.6 Å². The zero-order chi connectivity index (χ0) is 21.9. The molecule has 0 saturated heterocycles. The number of nitrogens with one attached hydrogen (secondary N) is 2. The number of para-hydroxylation sites is 1. The summed E-state index contributed by atoms with van der Waals surface area (Å²) < 4.78 is 19.4. The van der Waals surface area contributed by atoms with E-state index in [1.165, 1.54) is 12.1 Å². The summed E-state index contributed by atoms with van der Waals surface area (Å²) in [6.45, 7) is 0. The van der Waals surface area contributed by atoms with Crippen molar-refractivity contribution in [3.8, 4) is 11.5 Å². The van der Waals surface area contributed by atoms with Gasteiger partial charge in [0, 0.05) is 23.3 Å². The molecule has 1 aliphatic rings. The van der Waals surface area contributed by atoms with Crippen molar-refractivity contribution in [2.24, 2.45) is 0 Å². The average molecular weight is 427 g/mol. The molecule has 0 spiro atoms. The highest BCUT2D eigenvalue weighted by atomic mass is 19.1. The van der Waals surface area contributed by atoms with Crippen LogP contribution in [0.3, 0.4) is 0 Å². The number of ether oxygens (including phenoxy) is 1. The molecule has 160 valence electrons. The third kappa shape index (κ3) is 4.54. The lowest BCUT2D eigenvalue weighted by molar-refractivity contribution is -0.122. The van der Waals surface area contributed by atoms with Gasteiger partial charge in [0.05, 0.1) is 0 Å². The molecule has 1 unspecified atom stereocenters. The molecule has 32 heavy (non-hydrogen) atoms. The minimum atomic E-state index is -0.620. The van der Waals surface area contributed by atoms with Crippen LogP contribution >= 0.6 is 0 Å². The first kappa shape index (κ1) is 20.0. The Kier molecular flexibility index (Phi) is 5.42. The topological polar surface area (TPSA) is 63.2 Å². The Hall–Kier alpha value is -3.93. The summed E-state index contributed by atoms with van der Waals surface area (Å²) in [5, 5.41) is 7.29. The van der Waals surface area contributed by atoms with Gasteiger partial charge in [-0.05, 0) is 66.9 Å². The zero-order valence-electron chi connectivity index (χ0n) is 17.3. The summed E-state index contributed by atoms with van der Waals surface area (Å²) in [5.41, 5.74) is 2.26. The van der Waals surface area contributed by atoms with E-state index in [0.29, 0.717) is 17.1 Å². The molecular weight excluding hydrogens is 405 g/mol. The van der Waals surface area contributed by atoms with Gasteiger partial charge >= 0.3 is 0 Å². The van der Waals surface area contributed by atoms with Crippen molar-refractivity contribution >= 4 is 22.5 Å². The molecule has 3 aromatic carbocycles. The van der Waals surface area contributed by atoms with Gasteiger partial charge in [-0.2, -0.15) is 0 Å². The number of pyridine rings is 1. The Morgan fingerprint density at radius 2 is 1.72 bits per heavy atom. The van der Waals surface area contributed by atoms with E-state index >= 15 is 0 Å². The van der Waals surface area contributed by atoms with Crippen LogP contribution in [-0.4, -0.2) is 16.9 Å². The minimum Gasteiger partial charge on any atom is -0.455 e. The lowest BCUT2D eigenvalue weighted by atomic mass is 10.1. The Bertz CT molecular complexity index is 1230. The third-order valence-electron chi connectivity index (χ3n) is 5.38. The number of nitrogens with zero attached hydrogens (tertiary/aromatic N) is 1. The molecule has 5 rings (SSSR count). The van der Waals surface area contributed by atoms with Crippen LogP contribution in [0.1, 0.15) is 24.4 Å². The number of anilines is 1. The maximum Gasteiger partial charge on any atom is 0.247 e. The fraction of sp³-hybridized carbons (Fsp3) is 0.154. The third-order valence-corrected chi connectivity index (χ3v) is 5.38. The van der Waals surface area contributed by atoms with Crippen LogP contribution in [0.2, 0.25) is 0 Å². The van der Waals surface area contributed by atoms with Gasteiger partial charge in [0.25, 0.3) is 0 Å². The Morgan fingerprint density at radius 1 is 0.969 bits per heavy atom. The van der Waals surface area contributed by atoms with Crippen molar-refractivity contribution in [3.63, 3.8) is 0 Å². The highest BCUT2D eigenvalue weighted by Crippen LogP contribution is 2.30. The van der Waals surface area contributed by atoms with Crippen molar-refractivity contribution < 1.29 is 13.9 Å². The smallest absolute Gasteiger partial charge is 0.247 e. The second-order valence-corrected chi connectivity index (χ2v) is 7.87. The summed E-state index contributed by atoms with van der Waals surface area (Å²) in [4.78, 5) is 17.2. The van der Waals surface area contributed by atoms with Crippen LogP contribution in [0.25, 0.3) is 10.9 Å². The number of benzene rings is 3. The monoisotopic (exact) mass is 427 g/mol. The molecule has 2 N–H and O–H groups in total. The number of carbonyl (C=O) groups excluding carboxylic acids is 1. The van der Waals surface area contributed by atoms with Crippen LogP contribution in [0.5, 0.6) is 11.5 Å². The summed E-state index contributed by atoms with van der Waals surface area (Å²) >= 11 is 0.